The molecule has 14 heavy (non-hydrogen) atoms. The number of hydrogen-bond acceptors (Lipinski definition) is 4. The molecule has 0 aromatic carbocycles. The molecule has 0 saturated carbocycles. The van der Waals surface area contributed by atoms with Crippen LogP contribution in [0.5, 0.6) is 0 Å². The molecule has 4 nitrogen and oxygen atoms in total. The summed E-state index contributed by atoms with van der Waals surface area (Å²) in [6.07, 6.45) is 1.36. The zero-order chi connectivity index (χ0) is 11.0. The van der Waals surface area contributed by atoms with Gasteiger partial charge in [0, 0.05) is 19.8 Å². The van der Waals surface area contributed by atoms with Crippen LogP contribution in [-0.2, 0) is 18.4 Å². The third-order valence-electron chi connectivity index (χ3n) is 1.92. The Balaban J connectivity index is 4.19. The third kappa shape index (κ3) is 4.04. The van der Waals surface area contributed by atoms with E-state index in [9.17, 15) is 4.79 Å². The normalized spacial score (nSPS) is 14.5. The Bertz CT molecular complexity index is 189. The molecular weight excluding hydrogens is 200 g/mol. The molecule has 0 spiro atoms. The Morgan fingerprint density at radius 1 is 1.50 bits per heavy atom. The van der Waals surface area contributed by atoms with E-state index in [0.717, 1.165) is 12.1 Å². The van der Waals surface area contributed by atoms with Crippen LogP contribution in [0.3, 0.4) is 0 Å². The summed E-state index contributed by atoms with van der Waals surface area (Å²) in [7, 11) is -0.723. The molecule has 0 aliphatic heterocycles. The van der Waals surface area contributed by atoms with Gasteiger partial charge in [0.25, 0.3) is 0 Å². The van der Waals surface area contributed by atoms with Crippen molar-refractivity contribution in [2.45, 2.75) is 19.9 Å². The first-order chi connectivity index (χ1) is 6.64. The van der Waals surface area contributed by atoms with E-state index in [0.29, 0.717) is 6.61 Å². The van der Waals surface area contributed by atoms with E-state index in [-0.39, 0.29) is 6.23 Å². The van der Waals surface area contributed by atoms with Crippen molar-refractivity contribution < 1.29 is 18.4 Å². The fourth-order valence-electron chi connectivity index (χ4n) is 1.01. The van der Waals surface area contributed by atoms with Gasteiger partial charge in [0.15, 0.2) is 0 Å². The lowest BCUT2D eigenvalue weighted by Gasteiger charge is -2.26. The molecule has 0 radical (unpaired) electrons. The van der Waals surface area contributed by atoms with Crippen LogP contribution in [0.15, 0.2) is 12.7 Å². The van der Waals surface area contributed by atoms with Gasteiger partial charge in [-0.15, -0.1) is 0 Å². The Hall–Kier alpha value is -0.653. The highest BCUT2D eigenvalue weighted by molar-refractivity contribution is 6.67. The fraction of sp³-hybridized carbons (Fsp3) is 0.667. The van der Waals surface area contributed by atoms with E-state index in [4.69, 9.17) is 13.6 Å². The van der Waals surface area contributed by atoms with Crippen LogP contribution in [0.25, 0.3) is 0 Å². The summed E-state index contributed by atoms with van der Waals surface area (Å²) in [5.74, 6) is -0.438. The first-order valence-electron chi connectivity index (χ1n) is 4.62. The highest BCUT2D eigenvalue weighted by Crippen LogP contribution is 2.12. The second-order valence-corrected chi connectivity index (χ2v) is 6.23. The lowest BCUT2D eigenvalue weighted by atomic mass is 10.7. The summed E-state index contributed by atoms with van der Waals surface area (Å²) in [5.41, 5.74) is 0. The summed E-state index contributed by atoms with van der Waals surface area (Å²) in [6, 6.07) is 0.752. The lowest BCUT2D eigenvalue weighted by molar-refractivity contribution is -0.136. The number of carbonyl (C=O) groups excluding carboxylic acids is 1. The van der Waals surface area contributed by atoms with Crippen molar-refractivity contribution in [3.8, 4) is 0 Å². The maximum Gasteiger partial charge on any atom is 0.376 e. The summed E-state index contributed by atoms with van der Waals surface area (Å²) < 4.78 is 15.8. The largest absolute Gasteiger partial charge is 0.461 e. The van der Waals surface area contributed by atoms with Crippen LogP contribution in [-0.4, -0.2) is 34.5 Å². The molecule has 5 heteroatoms. The number of rotatable bonds is 7. The maximum absolute atomic E-state index is 10.9. The summed E-state index contributed by atoms with van der Waals surface area (Å²) in [5, 5.41) is 0. The molecule has 0 aromatic heterocycles. The van der Waals surface area contributed by atoms with E-state index in [2.05, 4.69) is 6.58 Å². The number of hydrogen-bond donors (Lipinski definition) is 0. The van der Waals surface area contributed by atoms with Crippen LogP contribution >= 0.6 is 0 Å². The summed E-state index contributed by atoms with van der Waals surface area (Å²) in [6.45, 7) is 7.75. The molecule has 82 valence electrons. The molecule has 0 rings (SSSR count). The molecule has 1 unspecified atom stereocenters. The maximum atomic E-state index is 10.9. The first-order valence-corrected chi connectivity index (χ1v) is 6.85. The quantitative estimate of drug-likeness (QED) is 0.368. The minimum atomic E-state index is -2.31. The van der Waals surface area contributed by atoms with Gasteiger partial charge in [0.2, 0.25) is 0 Å². The molecular formula is C9H18O4Si. The molecule has 0 saturated heterocycles. The fourth-order valence-corrected chi connectivity index (χ4v) is 2.92. The average molecular weight is 218 g/mol. The first kappa shape index (κ1) is 13.3. The molecule has 0 aromatic rings. The van der Waals surface area contributed by atoms with Gasteiger partial charge >= 0.3 is 14.5 Å². The van der Waals surface area contributed by atoms with Crippen LogP contribution in [0.1, 0.15) is 13.8 Å². The van der Waals surface area contributed by atoms with Gasteiger partial charge < -0.3 is 13.6 Å². The van der Waals surface area contributed by atoms with E-state index in [1.165, 1.54) is 0 Å². The monoisotopic (exact) mass is 218 g/mol. The van der Waals surface area contributed by atoms with Crippen molar-refractivity contribution in [2.75, 3.05) is 19.9 Å². The molecule has 0 bridgehead atoms. The molecule has 1 atom stereocenters. The summed E-state index contributed by atoms with van der Waals surface area (Å²) >= 11 is 0. The van der Waals surface area contributed by atoms with Gasteiger partial charge in [0.1, 0.15) is 6.23 Å². The van der Waals surface area contributed by atoms with Crippen LogP contribution in [0.4, 0.5) is 0 Å². The lowest BCUT2D eigenvalue weighted by Crippen LogP contribution is -2.46. The minimum Gasteiger partial charge on any atom is -0.461 e. The minimum absolute atomic E-state index is 0.221. The molecule has 0 heterocycles. The van der Waals surface area contributed by atoms with Gasteiger partial charge in [-0.2, -0.15) is 0 Å². The second-order valence-electron chi connectivity index (χ2n) is 2.71. The van der Waals surface area contributed by atoms with Gasteiger partial charge in [-0.1, -0.05) is 13.5 Å². The van der Waals surface area contributed by atoms with Crippen molar-refractivity contribution >= 4 is 14.5 Å². The molecule has 0 fully saturated rings. The Labute approximate surface area is 86.1 Å². The topological polar surface area (TPSA) is 44.8 Å². The van der Waals surface area contributed by atoms with Gasteiger partial charge in [-0.3, -0.25) is 0 Å². The second kappa shape index (κ2) is 6.75. The van der Waals surface area contributed by atoms with Gasteiger partial charge in [-0.05, 0) is 13.0 Å². The van der Waals surface area contributed by atoms with Crippen LogP contribution in [0, 0.1) is 0 Å². The zero-order valence-electron chi connectivity index (χ0n) is 9.04. The van der Waals surface area contributed by atoms with Crippen molar-refractivity contribution in [3.05, 3.63) is 12.7 Å². The van der Waals surface area contributed by atoms with Crippen molar-refractivity contribution in [1.82, 2.24) is 0 Å². The predicted octanol–water partition coefficient (Wildman–Crippen LogP) is 1.40. The molecule has 0 amide bonds. The third-order valence-corrected chi connectivity index (χ3v) is 5.14. The Morgan fingerprint density at radius 3 is 2.50 bits per heavy atom. The number of carbonyl (C=O) groups is 1. The average Bonchev–Trinajstić information content (AvgIpc) is 2.24. The van der Waals surface area contributed by atoms with Crippen molar-refractivity contribution in [3.63, 3.8) is 0 Å². The number of ether oxygens (including phenoxy) is 1. The SMILES string of the molecule is C=CC(=O)OC[Si](CC)(OC)OCC. The molecule has 0 aliphatic carbocycles. The highest BCUT2D eigenvalue weighted by Gasteiger charge is 2.36. The predicted molar refractivity (Wildman–Crippen MR) is 56.0 cm³/mol. The Morgan fingerprint density at radius 2 is 2.14 bits per heavy atom. The zero-order valence-corrected chi connectivity index (χ0v) is 10.0. The smallest absolute Gasteiger partial charge is 0.376 e. The van der Waals surface area contributed by atoms with Crippen molar-refractivity contribution in [2.24, 2.45) is 0 Å². The van der Waals surface area contributed by atoms with E-state index < -0.39 is 14.5 Å². The van der Waals surface area contributed by atoms with Gasteiger partial charge in [-0.25, -0.2) is 4.79 Å². The van der Waals surface area contributed by atoms with E-state index >= 15 is 0 Å². The van der Waals surface area contributed by atoms with Gasteiger partial charge in [0.05, 0.1) is 0 Å². The van der Waals surface area contributed by atoms with Crippen LogP contribution in [0.2, 0.25) is 6.04 Å². The number of esters is 1. The molecule has 0 N–H and O–H groups in total. The van der Waals surface area contributed by atoms with Crippen LogP contribution < -0.4 is 0 Å². The Kier molecular flexibility index (Phi) is 6.43. The van der Waals surface area contributed by atoms with Crippen molar-refractivity contribution in [1.29, 1.82) is 0 Å². The highest BCUT2D eigenvalue weighted by atomic mass is 28.4. The van der Waals surface area contributed by atoms with E-state index in [1.807, 2.05) is 13.8 Å². The van der Waals surface area contributed by atoms with E-state index in [1.54, 1.807) is 7.11 Å². The standard InChI is InChI=1S/C9H18O4Si/c1-5-9(10)12-8-14(7-3,11-4)13-6-2/h5H,1,6-8H2,2-4H3. The molecule has 0 aliphatic rings. The summed E-state index contributed by atoms with van der Waals surface area (Å²) in [4.78, 5) is 10.9.